The second-order valence-electron chi connectivity index (χ2n) is 7.54. The van der Waals surface area contributed by atoms with Crippen LogP contribution in [0.4, 0.5) is 0 Å². The van der Waals surface area contributed by atoms with Crippen molar-refractivity contribution in [3.05, 3.63) is 58.1 Å². The van der Waals surface area contributed by atoms with Gasteiger partial charge in [-0.15, -0.1) is 5.10 Å². The Morgan fingerprint density at radius 3 is 2.69 bits per heavy atom. The Bertz CT molecular complexity index is 1130. The molecule has 0 saturated carbocycles. The highest BCUT2D eigenvalue weighted by atomic mass is 35.5. The van der Waals surface area contributed by atoms with Crippen molar-refractivity contribution in [1.29, 1.82) is 0 Å². The summed E-state index contributed by atoms with van der Waals surface area (Å²) in [6, 6.07) is 11.3. The van der Waals surface area contributed by atoms with Gasteiger partial charge in [-0.3, -0.25) is 4.90 Å². The van der Waals surface area contributed by atoms with E-state index >= 15 is 0 Å². The molecule has 3 aromatic heterocycles. The molecule has 0 spiro atoms. The number of furan rings is 1. The summed E-state index contributed by atoms with van der Waals surface area (Å²) in [5, 5.41) is 16.2. The maximum absolute atomic E-state index is 11.1. The average Bonchev–Trinajstić information content (AvgIpc) is 3.44. The lowest BCUT2D eigenvalue weighted by Crippen LogP contribution is -2.36. The molecule has 1 aliphatic heterocycles. The number of aromatic nitrogens is 3. The number of thiazole rings is 1. The first-order chi connectivity index (χ1) is 14.1. The van der Waals surface area contributed by atoms with E-state index in [4.69, 9.17) is 16.0 Å². The molecule has 6 nitrogen and oxygen atoms in total. The molecule has 1 atom stereocenters. The van der Waals surface area contributed by atoms with Crippen molar-refractivity contribution in [2.75, 3.05) is 13.1 Å². The van der Waals surface area contributed by atoms with E-state index in [0.717, 1.165) is 36.4 Å². The molecule has 4 aromatic rings. The summed E-state index contributed by atoms with van der Waals surface area (Å²) in [4.78, 5) is 8.40. The minimum Gasteiger partial charge on any atom is -0.492 e. The Kier molecular flexibility index (Phi) is 4.81. The fraction of sp³-hybridized carbons (Fsp3) is 0.333. The highest BCUT2D eigenvalue weighted by Gasteiger charge is 2.32. The molecule has 1 unspecified atom stereocenters. The van der Waals surface area contributed by atoms with Gasteiger partial charge in [-0.05, 0) is 55.6 Å². The van der Waals surface area contributed by atoms with Crippen LogP contribution in [0.1, 0.15) is 36.2 Å². The van der Waals surface area contributed by atoms with Crippen molar-refractivity contribution in [2.45, 2.75) is 25.8 Å². The minimum atomic E-state index is -0.128. The second-order valence-corrected chi connectivity index (χ2v) is 8.96. The Hall–Kier alpha value is -2.35. The summed E-state index contributed by atoms with van der Waals surface area (Å²) in [5.74, 6) is 1.86. The van der Waals surface area contributed by atoms with Gasteiger partial charge in [0, 0.05) is 5.02 Å². The lowest BCUT2D eigenvalue weighted by atomic mass is 9.95. The molecule has 1 N–H and O–H groups in total. The third-order valence-corrected chi connectivity index (χ3v) is 6.99. The van der Waals surface area contributed by atoms with Gasteiger partial charge in [-0.2, -0.15) is 9.50 Å². The van der Waals surface area contributed by atoms with E-state index in [1.165, 1.54) is 15.9 Å². The van der Waals surface area contributed by atoms with Gasteiger partial charge < -0.3 is 9.52 Å². The molecule has 150 valence electrons. The number of fused-ring (bicyclic) bond motifs is 1. The summed E-state index contributed by atoms with van der Waals surface area (Å²) in [7, 11) is 0. The number of nitrogens with zero attached hydrogens (tertiary/aromatic N) is 4. The molecule has 1 fully saturated rings. The predicted molar refractivity (Wildman–Crippen MR) is 113 cm³/mol. The van der Waals surface area contributed by atoms with E-state index < -0.39 is 0 Å². The molecule has 1 aromatic carbocycles. The maximum Gasteiger partial charge on any atom is 0.230 e. The average molecular weight is 429 g/mol. The Labute approximate surface area is 177 Å². The molecule has 0 aliphatic carbocycles. The van der Waals surface area contributed by atoms with Crippen molar-refractivity contribution in [2.24, 2.45) is 5.92 Å². The van der Waals surface area contributed by atoms with Crippen LogP contribution in [0.3, 0.4) is 0 Å². The molecule has 5 rings (SSSR count). The zero-order chi connectivity index (χ0) is 20.0. The molecule has 0 radical (unpaired) electrons. The number of hydrogen-bond donors (Lipinski definition) is 1. The highest BCUT2D eigenvalue weighted by Crippen LogP contribution is 2.43. The van der Waals surface area contributed by atoms with Crippen LogP contribution in [0.15, 0.2) is 47.1 Å². The number of halogens is 1. The first kappa shape index (κ1) is 18.7. The van der Waals surface area contributed by atoms with E-state index in [9.17, 15) is 5.11 Å². The molecule has 1 aliphatic rings. The molecule has 0 bridgehead atoms. The fourth-order valence-corrected chi connectivity index (χ4v) is 5.27. The van der Waals surface area contributed by atoms with Crippen LogP contribution < -0.4 is 0 Å². The quantitative estimate of drug-likeness (QED) is 0.482. The lowest BCUT2D eigenvalue weighted by molar-refractivity contribution is 0.157. The van der Waals surface area contributed by atoms with Gasteiger partial charge in [0.05, 0.1) is 17.2 Å². The largest absolute Gasteiger partial charge is 0.492 e. The Morgan fingerprint density at radius 1 is 1.21 bits per heavy atom. The lowest BCUT2D eigenvalue weighted by Gasteiger charge is -2.36. The second kappa shape index (κ2) is 7.48. The molecular weight excluding hydrogens is 408 g/mol. The maximum atomic E-state index is 11.1. The van der Waals surface area contributed by atoms with E-state index in [2.05, 4.69) is 21.9 Å². The van der Waals surface area contributed by atoms with Crippen molar-refractivity contribution < 1.29 is 9.52 Å². The first-order valence-corrected chi connectivity index (χ1v) is 10.9. The van der Waals surface area contributed by atoms with Gasteiger partial charge in [0.2, 0.25) is 16.7 Å². The summed E-state index contributed by atoms with van der Waals surface area (Å²) in [6.45, 7) is 4.21. The highest BCUT2D eigenvalue weighted by molar-refractivity contribution is 7.17. The van der Waals surface area contributed by atoms with Gasteiger partial charge in [0.15, 0.2) is 5.76 Å². The third kappa shape index (κ3) is 3.33. The third-order valence-electron chi connectivity index (χ3n) is 5.57. The fourth-order valence-electron chi connectivity index (χ4n) is 3.93. The summed E-state index contributed by atoms with van der Waals surface area (Å²) < 4.78 is 6.88. The Morgan fingerprint density at radius 2 is 2.00 bits per heavy atom. The van der Waals surface area contributed by atoms with Gasteiger partial charge in [-0.1, -0.05) is 48.1 Å². The number of piperidine rings is 1. The van der Waals surface area contributed by atoms with Crippen molar-refractivity contribution >= 4 is 27.9 Å². The normalized spacial score (nSPS) is 17.2. The molecule has 8 heteroatoms. The Balaban J connectivity index is 1.60. The van der Waals surface area contributed by atoms with E-state index in [1.54, 1.807) is 18.4 Å². The minimum absolute atomic E-state index is 0.110. The summed E-state index contributed by atoms with van der Waals surface area (Å²) >= 11 is 8.03. The van der Waals surface area contributed by atoms with E-state index in [0.29, 0.717) is 27.5 Å². The topological polar surface area (TPSA) is 66.8 Å². The standard InChI is InChI=1S/C21H21ClN4O2S/c1-13-8-10-25(11-9-13)17(14-5-2-3-6-15(14)22)18-20(27)26-21(29-18)23-19(24-26)16-7-4-12-28-16/h2-7,12-13,17,27H,8-11H2,1H3. The van der Waals surface area contributed by atoms with Crippen molar-refractivity contribution in [3.8, 4) is 17.5 Å². The molecule has 4 heterocycles. The van der Waals surface area contributed by atoms with Crippen LogP contribution in [-0.2, 0) is 0 Å². The van der Waals surface area contributed by atoms with Crippen LogP contribution in [0, 0.1) is 5.92 Å². The molecule has 29 heavy (non-hydrogen) atoms. The summed E-state index contributed by atoms with van der Waals surface area (Å²) in [5.41, 5.74) is 0.995. The SMILES string of the molecule is CC1CCN(C(c2ccccc2Cl)c2sc3nc(-c4ccco4)nn3c2O)CC1. The number of likely N-dealkylation sites (tertiary alicyclic amines) is 1. The van der Waals surface area contributed by atoms with Gasteiger partial charge in [-0.25, -0.2) is 0 Å². The molecular formula is C21H21ClN4O2S. The van der Waals surface area contributed by atoms with Gasteiger partial charge >= 0.3 is 0 Å². The van der Waals surface area contributed by atoms with Gasteiger partial charge in [0.25, 0.3) is 0 Å². The summed E-state index contributed by atoms with van der Waals surface area (Å²) in [6.07, 6.45) is 3.84. The monoisotopic (exact) mass is 428 g/mol. The molecule has 1 saturated heterocycles. The van der Waals surface area contributed by atoms with Crippen LogP contribution in [0.25, 0.3) is 16.5 Å². The van der Waals surface area contributed by atoms with Crippen molar-refractivity contribution in [3.63, 3.8) is 0 Å². The first-order valence-electron chi connectivity index (χ1n) is 9.72. The zero-order valence-electron chi connectivity index (χ0n) is 16.0. The number of rotatable bonds is 4. The number of aromatic hydroxyl groups is 1. The van der Waals surface area contributed by atoms with E-state index in [1.807, 2.05) is 24.3 Å². The van der Waals surface area contributed by atoms with Crippen molar-refractivity contribution in [1.82, 2.24) is 19.5 Å². The van der Waals surface area contributed by atoms with E-state index in [-0.39, 0.29) is 11.9 Å². The predicted octanol–water partition coefficient (Wildman–Crippen LogP) is 5.23. The number of benzene rings is 1. The molecule has 0 amide bonds. The smallest absolute Gasteiger partial charge is 0.230 e. The van der Waals surface area contributed by atoms with Crippen LogP contribution in [0.5, 0.6) is 5.88 Å². The number of hydrogen-bond acceptors (Lipinski definition) is 6. The van der Waals surface area contributed by atoms with Gasteiger partial charge in [0.1, 0.15) is 0 Å². The van der Waals surface area contributed by atoms with Crippen LogP contribution in [-0.4, -0.2) is 37.7 Å². The van der Waals surface area contributed by atoms with Crippen LogP contribution >= 0.6 is 22.9 Å². The van der Waals surface area contributed by atoms with Crippen LogP contribution in [0.2, 0.25) is 5.02 Å². The zero-order valence-corrected chi connectivity index (χ0v) is 17.5.